The van der Waals surface area contributed by atoms with Crippen molar-refractivity contribution in [1.82, 2.24) is 10.2 Å². The summed E-state index contributed by atoms with van der Waals surface area (Å²) >= 11 is 0. The lowest BCUT2D eigenvalue weighted by Gasteiger charge is -2.32. The van der Waals surface area contributed by atoms with E-state index in [0.717, 1.165) is 30.5 Å². The van der Waals surface area contributed by atoms with Gasteiger partial charge in [0.2, 0.25) is 5.91 Å². The highest BCUT2D eigenvalue weighted by atomic mass is 16.2. The van der Waals surface area contributed by atoms with E-state index in [9.17, 15) is 9.59 Å². The molecule has 1 heterocycles. The average Bonchev–Trinajstić information content (AvgIpc) is 2.62. The van der Waals surface area contributed by atoms with E-state index in [2.05, 4.69) is 5.32 Å². The van der Waals surface area contributed by atoms with E-state index >= 15 is 0 Å². The minimum atomic E-state index is -0.330. The van der Waals surface area contributed by atoms with Crippen LogP contribution in [0.4, 0.5) is 0 Å². The fraction of sp³-hybridized carbons (Fsp3) is 0.300. The first-order valence-corrected chi connectivity index (χ1v) is 8.59. The Bertz CT molecular complexity index is 728. The number of hydrogen-bond acceptors (Lipinski definition) is 3. The Morgan fingerprint density at radius 2 is 1.72 bits per heavy atom. The molecule has 25 heavy (non-hydrogen) atoms. The number of nitrogens with zero attached hydrogens (tertiary/aromatic N) is 1. The molecule has 0 saturated carbocycles. The van der Waals surface area contributed by atoms with Gasteiger partial charge in [0, 0.05) is 18.2 Å². The molecule has 2 aromatic carbocycles. The Kier molecular flexibility index (Phi) is 5.46. The van der Waals surface area contributed by atoms with Crippen LogP contribution in [0.25, 0.3) is 11.1 Å². The second-order valence-corrected chi connectivity index (χ2v) is 6.46. The lowest BCUT2D eigenvalue weighted by molar-refractivity contribution is -0.119. The molecule has 1 saturated heterocycles. The molecule has 3 N–H and O–H groups in total. The number of likely N-dealkylation sites (tertiary alicyclic amines) is 1. The zero-order valence-corrected chi connectivity index (χ0v) is 14.2. The van der Waals surface area contributed by atoms with Gasteiger partial charge < -0.3 is 11.1 Å². The normalized spacial score (nSPS) is 17.8. The van der Waals surface area contributed by atoms with Crippen LogP contribution in [-0.4, -0.2) is 42.4 Å². The summed E-state index contributed by atoms with van der Waals surface area (Å²) in [6.07, 6.45) is 1.87. The second kappa shape index (κ2) is 7.94. The monoisotopic (exact) mass is 337 g/mol. The van der Waals surface area contributed by atoms with Crippen LogP contribution in [0.1, 0.15) is 23.2 Å². The summed E-state index contributed by atoms with van der Waals surface area (Å²) in [5.41, 5.74) is 8.11. The van der Waals surface area contributed by atoms with Crippen LogP contribution in [0.3, 0.4) is 0 Å². The molecular formula is C20H23N3O2. The van der Waals surface area contributed by atoms with Crippen molar-refractivity contribution in [3.05, 3.63) is 60.2 Å². The predicted octanol–water partition coefficient (Wildman–Crippen LogP) is 2.03. The van der Waals surface area contributed by atoms with Crippen molar-refractivity contribution in [2.75, 3.05) is 19.6 Å². The number of amides is 2. The van der Waals surface area contributed by atoms with Crippen LogP contribution in [-0.2, 0) is 4.79 Å². The minimum absolute atomic E-state index is 0.0504. The second-order valence-electron chi connectivity index (χ2n) is 6.46. The third-order valence-electron chi connectivity index (χ3n) is 4.47. The number of carbonyl (C=O) groups excluding carboxylic acids is 2. The smallest absolute Gasteiger partial charge is 0.251 e. The molecule has 0 aliphatic carbocycles. The van der Waals surface area contributed by atoms with E-state index in [0.29, 0.717) is 12.1 Å². The highest BCUT2D eigenvalue weighted by molar-refractivity contribution is 5.94. The van der Waals surface area contributed by atoms with Crippen molar-refractivity contribution in [1.29, 1.82) is 0 Å². The van der Waals surface area contributed by atoms with Crippen molar-refractivity contribution in [2.24, 2.45) is 5.73 Å². The molecule has 1 aliphatic rings. The Hall–Kier alpha value is -2.66. The Labute approximate surface area is 147 Å². The van der Waals surface area contributed by atoms with Gasteiger partial charge in [0.15, 0.2) is 0 Å². The number of rotatable bonds is 5. The van der Waals surface area contributed by atoms with E-state index in [1.165, 1.54) is 0 Å². The quantitative estimate of drug-likeness (QED) is 0.876. The van der Waals surface area contributed by atoms with E-state index in [1.807, 2.05) is 59.5 Å². The third kappa shape index (κ3) is 4.67. The number of nitrogens with one attached hydrogen (secondary N) is 1. The fourth-order valence-corrected chi connectivity index (χ4v) is 3.25. The van der Waals surface area contributed by atoms with Gasteiger partial charge in [-0.3, -0.25) is 14.5 Å². The number of piperidine rings is 1. The first kappa shape index (κ1) is 17.2. The molecule has 0 bridgehead atoms. The molecule has 130 valence electrons. The summed E-state index contributed by atoms with van der Waals surface area (Å²) in [4.78, 5) is 25.5. The largest absolute Gasteiger partial charge is 0.369 e. The zero-order valence-electron chi connectivity index (χ0n) is 14.2. The van der Waals surface area contributed by atoms with Gasteiger partial charge in [0.1, 0.15) is 0 Å². The van der Waals surface area contributed by atoms with Gasteiger partial charge in [-0.15, -0.1) is 0 Å². The van der Waals surface area contributed by atoms with E-state index in [-0.39, 0.29) is 24.4 Å². The lowest BCUT2D eigenvalue weighted by atomic mass is 10.0. The molecule has 5 nitrogen and oxygen atoms in total. The van der Waals surface area contributed by atoms with Crippen LogP contribution in [0, 0.1) is 0 Å². The van der Waals surface area contributed by atoms with E-state index < -0.39 is 0 Å². The molecule has 2 amide bonds. The summed E-state index contributed by atoms with van der Waals surface area (Å²) in [7, 11) is 0. The molecule has 3 rings (SSSR count). The molecule has 0 aromatic heterocycles. The number of hydrogen-bond donors (Lipinski definition) is 2. The fourth-order valence-electron chi connectivity index (χ4n) is 3.25. The molecule has 0 unspecified atom stereocenters. The molecule has 1 fully saturated rings. The topological polar surface area (TPSA) is 75.4 Å². The summed E-state index contributed by atoms with van der Waals surface area (Å²) < 4.78 is 0. The van der Waals surface area contributed by atoms with Crippen LogP contribution in [0.2, 0.25) is 0 Å². The van der Waals surface area contributed by atoms with Gasteiger partial charge in [-0.25, -0.2) is 0 Å². The first-order chi connectivity index (χ1) is 12.1. The van der Waals surface area contributed by atoms with Crippen LogP contribution in [0.5, 0.6) is 0 Å². The average molecular weight is 337 g/mol. The first-order valence-electron chi connectivity index (χ1n) is 8.59. The number of carbonyl (C=O) groups is 2. The third-order valence-corrected chi connectivity index (χ3v) is 4.47. The number of nitrogens with two attached hydrogens (primary N) is 1. The summed E-state index contributed by atoms with van der Waals surface area (Å²) in [6, 6.07) is 17.7. The summed E-state index contributed by atoms with van der Waals surface area (Å²) in [5.74, 6) is -0.408. The minimum Gasteiger partial charge on any atom is -0.369 e. The molecule has 0 radical (unpaired) electrons. The van der Waals surface area contributed by atoms with Crippen LogP contribution < -0.4 is 11.1 Å². The zero-order chi connectivity index (χ0) is 17.6. The van der Waals surface area contributed by atoms with E-state index in [4.69, 9.17) is 5.73 Å². The Morgan fingerprint density at radius 3 is 2.40 bits per heavy atom. The van der Waals surface area contributed by atoms with Crippen LogP contribution >= 0.6 is 0 Å². The van der Waals surface area contributed by atoms with E-state index in [1.54, 1.807) is 0 Å². The van der Waals surface area contributed by atoms with Gasteiger partial charge >= 0.3 is 0 Å². The van der Waals surface area contributed by atoms with Gasteiger partial charge in [-0.1, -0.05) is 42.5 Å². The predicted molar refractivity (Wildman–Crippen MR) is 98.0 cm³/mol. The maximum atomic E-state index is 12.5. The molecule has 2 aromatic rings. The molecular weight excluding hydrogens is 314 g/mol. The SMILES string of the molecule is NC(=O)CN1CCC[C@@H](NC(=O)c2ccc(-c3ccccc3)cc2)C1. The lowest BCUT2D eigenvalue weighted by Crippen LogP contribution is -2.49. The van der Waals surface area contributed by atoms with Crippen molar-refractivity contribution >= 4 is 11.8 Å². The Balaban J connectivity index is 1.60. The number of primary amides is 1. The molecule has 5 heteroatoms. The standard InChI is InChI=1S/C20H23N3O2/c21-19(24)14-23-12-4-7-18(13-23)22-20(25)17-10-8-16(9-11-17)15-5-2-1-3-6-15/h1-3,5-6,8-11,18H,4,7,12-14H2,(H2,21,24)(H,22,25)/t18-/m1/s1. The Morgan fingerprint density at radius 1 is 1.04 bits per heavy atom. The summed E-state index contributed by atoms with van der Waals surface area (Å²) in [5, 5.41) is 3.06. The van der Waals surface area contributed by atoms with Crippen molar-refractivity contribution in [3.63, 3.8) is 0 Å². The van der Waals surface area contributed by atoms with Gasteiger partial charge in [-0.05, 0) is 42.6 Å². The highest BCUT2D eigenvalue weighted by Crippen LogP contribution is 2.19. The van der Waals surface area contributed by atoms with Gasteiger partial charge in [0.25, 0.3) is 5.91 Å². The highest BCUT2D eigenvalue weighted by Gasteiger charge is 2.22. The van der Waals surface area contributed by atoms with Gasteiger partial charge in [0.05, 0.1) is 6.54 Å². The van der Waals surface area contributed by atoms with Crippen LogP contribution in [0.15, 0.2) is 54.6 Å². The van der Waals surface area contributed by atoms with Crippen molar-refractivity contribution < 1.29 is 9.59 Å². The van der Waals surface area contributed by atoms with Crippen molar-refractivity contribution in [2.45, 2.75) is 18.9 Å². The maximum absolute atomic E-state index is 12.5. The van der Waals surface area contributed by atoms with Gasteiger partial charge in [-0.2, -0.15) is 0 Å². The summed E-state index contributed by atoms with van der Waals surface area (Å²) in [6.45, 7) is 1.76. The molecule has 1 atom stereocenters. The van der Waals surface area contributed by atoms with Crippen molar-refractivity contribution in [3.8, 4) is 11.1 Å². The maximum Gasteiger partial charge on any atom is 0.251 e. The molecule has 0 spiro atoms. The molecule has 1 aliphatic heterocycles. The number of benzene rings is 2.